The van der Waals surface area contributed by atoms with E-state index in [9.17, 15) is 0 Å². The van der Waals surface area contributed by atoms with Crippen molar-refractivity contribution in [1.29, 1.82) is 0 Å². The molecular weight excluding hydrogens is 214 g/mol. The summed E-state index contributed by atoms with van der Waals surface area (Å²) in [6.45, 7) is 4.81. The lowest BCUT2D eigenvalue weighted by molar-refractivity contribution is -0.930. The Bertz CT molecular complexity index is 481. The molecule has 1 saturated heterocycles. The zero-order chi connectivity index (χ0) is 11.7. The van der Waals surface area contributed by atoms with E-state index in [1.165, 1.54) is 0 Å². The molecule has 3 rings (SSSR count). The molecule has 90 valence electrons. The molecule has 1 fully saturated rings. The van der Waals surface area contributed by atoms with Crippen LogP contribution in [0.5, 0.6) is 0 Å². The summed E-state index contributed by atoms with van der Waals surface area (Å²) in [6, 6.07) is 8.19. The number of quaternary nitrogens is 1. The summed E-state index contributed by atoms with van der Waals surface area (Å²) >= 11 is 0. The first-order chi connectivity index (χ1) is 8.25. The SMILES string of the molecule is C[N+]1(Cc2nc3ccccc3[nH]2)CCOCC1. The molecule has 0 saturated carbocycles. The Labute approximate surface area is 101 Å². The molecule has 1 aromatic heterocycles. The van der Waals surface area contributed by atoms with Gasteiger partial charge in [-0.05, 0) is 12.1 Å². The van der Waals surface area contributed by atoms with Gasteiger partial charge in [-0.3, -0.25) is 0 Å². The maximum atomic E-state index is 5.42. The number of fused-ring (bicyclic) bond motifs is 1. The predicted octanol–water partition coefficient (Wildman–Crippen LogP) is 1.54. The molecule has 1 N–H and O–H groups in total. The van der Waals surface area contributed by atoms with Crippen LogP contribution in [0.25, 0.3) is 11.0 Å². The number of aromatic amines is 1. The van der Waals surface area contributed by atoms with Crippen LogP contribution in [0.3, 0.4) is 0 Å². The van der Waals surface area contributed by atoms with E-state index in [1.54, 1.807) is 0 Å². The fourth-order valence-electron chi connectivity index (χ4n) is 2.38. The number of H-pyrrole nitrogens is 1. The van der Waals surface area contributed by atoms with Crippen molar-refractivity contribution in [2.75, 3.05) is 33.4 Å². The first-order valence-corrected chi connectivity index (χ1v) is 6.10. The number of imidazole rings is 1. The van der Waals surface area contributed by atoms with Gasteiger partial charge in [0.05, 0.1) is 31.3 Å². The standard InChI is InChI=1S/C13H18N3O/c1-16(6-8-17-9-7-16)10-13-14-11-4-2-3-5-12(11)15-13/h2-5H,6-10H2,1H3,(H,14,15)/q+1. The maximum absolute atomic E-state index is 5.42. The van der Waals surface area contributed by atoms with Crippen molar-refractivity contribution < 1.29 is 9.22 Å². The van der Waals surface area contributed by atoms with Crippen molar-refractivity contribution >= 4 is 11.0 Å². The third-order valence-electron chi connectivity index (χ3n) is 3.52. The molecule has 4 heteroatoms. The number of ether oxygens (including phenoxy) is 1. The summed E-state index contributed by atoms with van der Waals surface area (Å²) in [5, 5.41) is 0. The number of aromatic nitrogens is 2. The van der Waals surface area contributed by atoms with E-state index in [4.69, 9.17) is 4.74 Å². The number of hydrogen-bond acceptors (Lipinski definition) is 2. The molecule has 1 aromatic carbocycles. The van der Waals surface area contributed by atoms with Crippen LogP contribution >= 0.6 is 0 Å². The fourth-order valence-corrected chi connectivity index (χ4v) is 2.38. The highest BCUT2D eigenvalue weighted by Gasteiger charge is 2.26. The number of nitrogens with one attached hydrogen (secondary N) is 1. The Morgan fingerprint density at radius 3 is 2.82 bits per heavy atom. The van der Waals surface area contributed by atoms with Crippen LogP contribution in [0, 0.1) is 0 Å². The van der Waals surface area contributed by atoms with Gasteiger partial charge in [0.25, 0.3) is 0 Å². The van der Waals surface area contributed by atoms with E-state index < -0.39 is 0 Å². The van der Waals surface area contributed by atoms with Crippen LogP contribution in [0.1, 0.15) is 5.82 Å². The number of hydrogen-bond donors (Lipinski definition) is 1. The number of nitrogens with zero attached hydrogens (tertiary/aromatic N) is 2. The van der Waals surface area contributed by atoms with Crippen LogP contribution in [0.4, 0.5) is 0 Å². The summed E-state index contributed by atoms with van der Waals surface area (Å²) < 4.78 is 6.43. The van der Waals surface area contributed by atoms with Gasteiger partial charge in [-0.1, -0.05) is 12.1 Å². The quantitative estimate of drug-likeness (QED) is 0.798. The van der Waals surface area contributed by atoms with Gasteiger partial charge < -0.3 is 14.2 Å². The van der Waals surface area contributed by atoms with Gasteiger partial charge in [-0.25, -0.2) is 4.98 Å². The zero-order valence-electron chi connectivity index (χ0n) is 10.1. The number of rotatable bonds is 2. The predicted molar refractivity (Wildman–Crippen MR) is 66.5 cm³/mol. The topological polar surface area (TPSA) is 37.9 Å². The minimum Gasteiger partial charge on any atom is -0.370 e. The summed E-state index contributed by atoms with van der Waals surface area (Å²) in [5.74, 6) is 1.08. The van der Waals surface area contributed by atoms with Crippen molar-refractivity contribution in [3.63, 3.8) is 0 Å². The number of likely N-dealkylation sites (N-methyl/N-ethyl adjacent to an activating group) is 1. The monoisotopic (exact) mass is 232 g/mol. The lowest BCUT2D eigenvalue weighted by Crippen LogP contribution is -2.51. The highest BCUT2D eigenvalue weighted by molar-refractivity contribution is 5.74. The number of para-hydroxylation sites is 2. The second-order valence-electron chi connectivity index (χ2n) is 5.04. The molecule has 17 heavy (non-hydrogen) atoms. The van der Waals surface area contributed by atoms with Crippen LogP contribution in [-0.4, -0.2) is 47.8 Å². The Balaban J connectivity index is 1.84. The summed E-state index contributed by atoms with van der Waals surface area (Å²) in [4.78, 5) is 8.04. The van der Waals surface area contributed by atoms with Crippen LogP contribution in [-0.2, 0) is 11.3 Å². The molecule has 0 bridgehead atoms. The molecule has 0 amide bonds. The van der Waals surface area contributed by atoms with Crippen LogP contribution < -0.4 is 0 Å². The van der Waals surface area contributed by atoms with Gasteiger partial charge in [0.15, 0.2) is 5.82 Å². The van der Waals surface area contributed by atoms with Crippen molar-refractivity contribution in [2.24, 2.45) is 0 Å². The van der Waals surface area contributed by atoms with Crippen LogP contribution in [0.15, 0.2) is 24.3 Å². The molecular formula is C13H18N3O+. The van der Waals surface area contributed by atoms with Crippen molar-refractivity contribution in [3.05, 3.63) is 30.1 Å². The molecule has 2 aromatic rings. The van der Waals surface area contributed by atoms with Gasteiger partial charge >= 0.3 is 0 Å². The molecule has 0 unspecified atom stereocenters. The largest absolute Gasteiger partial charge is 0.370 e. The molecule has 0 radical (unpaired) electrons. The molecule has 1 aliphatic heterocycles. The minimum absolute atomic E-state index is 0.858. The van der Waals surface area contributed by atoms with E-state index in [2.05, 4.69) is 29.1 Å². The average Bonchev–Trinajstić information content (AvgIpc) is 2.71. The van der Waals surface area contributed by atoms with Crippen molar-refractivity contribution in [3.8, 4) is 0 Å². The Morgan fingerprint density at radius 2 is 2.06 bits per heavy atom. The van der Waals surface area contributed by atoms with E-state index >= 15 is 0 Å². The molecule has 2 heterocycles. The van der Waals surface area contributed by atoms with E-state index in [0.717, 1.165) is 54.2 Å². The number of benzene rings is 1. The fraction of sp³-hybridized carbons (Fsp3) is 0.462. The molecule has 0 aliphatic carbocycles. The second-order valence-corrected chi connectivity index (χ2v) is 5.04. The first-order valence-electron chi connectivity index (χ1n) is 6.10. The van der Waals surface area contributed by atoms with Crippen LogP contribution in [0.2, 0.25) is 0 Å². The zero-order valence-corrected chi connectivity index (χ0v) is 10.1. The normalized spacial score (nSPS) is 19.6. The third-order valence-corrected chi connectivity index (χ3v) is 3.52. The highest BCUT2D eigenvalue weighted by Crippen LogP contribution is 2.16. The smallest absolute Gasteiger partial charge is 0.162 e. The minimum atomic E-state index is 0.858. The van der Waals surface area contributed by atoms with Gasteiger partial charge in [-0.15, -0.1) is 0 Å². The molecule has 4 nitrogen and oxygen atoms in total. The second kappa shape index (κ2) is 4.13. The van der Waals surface area contributed by atoms with E-state index in [1.807, 2.05) is 12.1 Å². The van der Waals surface area contributed by atoms with Crippen molar-refractivity contribution in [2.45, 2.75) is 6.54 Å². The molecule has 0 atom stereocenters. The Morgan fingerprint density at radius 1 is 1.29 bits per heavy atom. The van der Waals surface area contributed by atoms with Crippen molar-refractivity contribution in [1.82, 2.24) is 9.97 Å². The first kappa shape index (κ1) is 10.7. The lowest BCUT2D eigenvalue weighted by atomic mass is 10.3. The van der Waals surface area contributed by atoms with Gasteiger partial charge in [0.2, 0.25) is 0 Å². The van der Waals surface area contributed by atoms with E-state index in [0.29, 0.717) is 0 Å². The maximum Gasteiger partial charge on any atom is 0.162 e. The summed E-state index contributed by atoms with van der Waals surface area (Å²) in [6.07, 6.45) is 0. The lowest BCUT2D eigenvalue weighted by Gasteiger charge is -2.36. The van der Waals surface area contributed by atoms with Gasteiger partial charge in [-0.2, -0.15) is 0 Å². The average molecular weight is 232 g/mol. The van der Waals surface area contributed by atoms with Gasteiger partial charge in [0.1, 0.15) is 19.6 Å². The third kappa shape index (κ3) is 2.18. The van der Waals surface area contributed by atoms with E-state index in [-0.39, 0.29) is 0 Å². The summed E-state index contributed by atoms with van der Waals surface area (Å²) in [7, 11) is 2.27. The van der Waals surface area contributed by atoms with Gasteiger partial charge in [0, 0.05) is 0 Å². The summed E-state index contributed by atoms with van der Waals surface area (Å²) in [5.41, 5.74) is 2.18. The molecule has 0 spiro atoms. The Kier molecular flexibility index (Phi) is 2.61. The number of morpholine rings is 1. The molecule has 1 aliphatic rings. The highest BCUT2D eigenvalue weighted by atomic mass is 16.5. The Hall–Kier alpha value is -1.39.